The molecule has 0 amide bonds. The number of anilines is 1. The third-order valence-electron chi connectivity index (χ3n) is 3.46. The standard InChI is InChI=1S/C16H19N5O3S/c17-14-13-15(19-10-18-14)21(8-11(23)9-22)16(20-13)25-7-6-24-12-4-2-1-3-5-12/h1-5,10-11,22-23H,6-9H2,(H2,17,18,19). The van der Waals surface area contributed by atoms with Crippen LogP contribution in [-0.4, -0.2) is 54.8 Å². The molecule has 0 saturated heterocycles. The second kappa shape index (κ2) is 8.15. The minimum atomic E-state index is -0.909. The minimum absolute atomic E-state index is 0.172. The van der Waals surface area contributed by atoms with Crippen LogP contribution in [0.1, 0.15) is 0 Å². The number of hydrogen-bond acceptors (Lipinski definition) is 8. The molecule has 3 rings (SSSR count). The zero-order chi connectivity index (χ0) is 17.6. The molecule has 2 aromatic heterocycles. The predicted molar refractivity (Wildman–Crippen MR) is 95.5 cm³/mol. The highest BCUT2D eigenvalue weighted by Gasteiger charge is 2.17. The molecular formula is C16H19N5O3S. The van der Waals surface area contributed by atoms with Crippen molar-refractivity contribution in [1.29, 1.82) is 0 Å². The number of nitrogens with two attached hydrogens (primary N) is 1. The van der Waals surface area contributed by atoms with Gasteiger partial charge < -0.3 is 25.3 Å². The molecule has 1 unspecified atom stereocenters. The van der Waals surface area contributed by atoms with Crippen molar-refractivity contribution in [3.8, 4) is 5.75 Å². The summed E-state index contributed by atoms with van der Waals surface area (Å²) in [7, 11) is 0. The van der Waals surface area contributed by atoms with Crippen LogP contribution in [-0.2, 0) is 6.54 Å². The zero-order valence-corrected chi connectivity index (χ0v) is 14.3. The Morgan fingerprint density at radius 2 is 2.04 bits per heavy atom. The number of rotatable bonds is 8. The molecule has 8 nitrogen and oxygen atoms in total. The fourth-order valence-corrected chi connectivity index (χ4v) is 3.11. The van der Waals surface area contributed by atoms with Crippen molar-refractivity contribution in [1.82, 2.24) is 19.5 Å². The lowest BCUT2D eigenvalue weighted by Crippen LogP contribution is -2.20. The van der Waals surface area contributed by atoms with Crippen molar-refractivity contribution in [2.75, 3.05) is 24.7 Å². The van der Waals surface area contributed by atoms with Crippen molar-refractivity contribution < 1.29 is 14.9 Å². The summed E-state index contributed by atoms with van der Waals surface area (Å²) in [6, 6.07) is 9.56. The normalized spacial score (nSPS) is 12.4. The van der Waals surface area contributed by atoms with Gasteiger partial charge in [0.15, 0.2) is 22.1 Å². The van der Waals surface area contributed by atoms with Crippen molar-refractivity contribution >= 4 is 28.7 Å². The van der Waals surface area contributed by atoms with Gasteiger partial charge in [0, 0.05) is 5.75 Å². The lowest BCUT2D eigenvalue weighted by molar-refractivity contribution is 0.0801. The Hall–Kier alpha value is -2.36. The van der Waals surface area contributed by atoms with Gasteiger partial charge in [0.25, 0.3) is 0 Å². The third kappa shape index (κ3) is 4.19. The molecule has 1 atom stereocenters. The van der Waals surface area contributed by atoms with Crippen LogP contribution >= 0.6 is 11.8 Å². The first kappa shape index (κ1) is 17.5. The van der Waals surface area contributed by atoms with Crippen LogP contribution in [0.15, 0.2) is 41.8 Å². The first-order chi connectivity index (χ1) is 12.2. The van der Waals surface area contributed by atoms with E-state index in [9.17, 15) is 5.11 Å². The number of thioether (sulfide) groups is 1. The quantitative estimate of drug-likeness (QED) is 0.400. The van der Waals surface area contributed by atoms with Crippen LogP contribution in [0.5, 0.6) is 5.75 Å². The van der Waals surface area contributed by atoms with E-state index in [0.717, 1.165) is 5.75 Å². The number of ether oxygens (including phenoxy) is 1. The van der Waals surface area contributed by atoms with Crippen LogP contribution in [0.25, 0.3) is 11.2 Å². The summed E-state index contributed by atoms with van der Waals surface area (Å²) in [6.45, 7) is 0.328. The number of aromatic nitrogens is 4. The molecule has 0 aliphatic carbocycles. The second-order valence-corrected chi connectivity index (χ2v) is 6.34. The largest absolute Gasteiger partial charge is 0.493 e. The molecule has 2 heterocycles. The maximum Gasteiger partial charge on any atom is 0.170 e. The first-order valence-corrected chi connectivity index (χ1v) is 8.74. The van der Waals surface area contributed by atoms with E-state index in [4.69, 9.17) is 15.6 Å². The highest BCUT2D eigenvalue weighted by Crippen LogP contribution is 2.25. The average Bonchev–Trinajstić information content (AvgIpc) is 2.98. The summed E-state index contributed by atoms with van der Waals surface area (Å²) in [6.07, 6.45) is 0.447. The Morgan fingerprint density at radius 1 is 1.24 bits per heavy atom. The molecule has 4 N–H and O–H groups in total. The number of hydrogen-bond donors (Lipinski definition) is 3. The molecule has 0 spiro atoms. The maximum absolute atomic E-state index is 9.80. The summed E-state index contributed by atoms with van der Waals surface area (Å²) in [5, 5.41) is 19.6. The maximum atomic E-state index is 9.80. The molecule has 9 heteroatoms. The molecule has 132 valence electrons. The molecular weight excluding hydrogens is 342 g/mol. The van der Waals surface area contributed by atoms with E-state index in [1.54, 1.807) is 4.57 Å². The van der Waals surface area contributed by atoms with Gasteiger partial charge in [-0.15, -0.1) is 0 Å². The van der Waals surface area contributed by atoms with E-state index in [1.807, 2.05) is 30.3 Å². The number of imidazole rings is 1. The molecule has 0 bridgehead atoms. The molecule has 0 saturated carbocycles. The second-order valence-electron chi connectivity index (χ2n) is 5.28. The van der Waals surface area contributed by atoms with Crippen molar-refractivity contribution in [3.05, 3.63) is 36.7 Å². The van der Waals surface area contributed by atoms with Gasteiger partial charge in [-0.2, -0.15) is 0 Å². The van der Waals surface area contributed by atoms with Crippen LogP contribution in [0.4, 0.5) is 5.82 Å². The predicted octanol–water partition coefficient (Wildman–Crippen LogP) is 0.933. The number of benzene rings is 1. The lowest BCUT2D eigenvalue weighted by atomic mass is 10.3. The van der Waals surface area contributed by atoms with E-state index >= 15 is 0 Å². The number of nitrogens with zero attached hydrogens (tertiary/aromatic N) is 4. The Labute approximate surface area is 148 Å². The lowest BCUT2D eigenvalue weighted by Gasteiger charge is -2.12. The summed E-state index contributed by atoms with van der Waals surface area (Å²) < 4.78 is 7.41. The zero-order valence-electron chi connectivity index (χ0n) is 13.4. The molecule has 25 heavy (non-hydrogen) atoms. The number of aliphatic hydroxyl groups excluding tert-OH is 2. The van der Waals surface area contributed by atoms with Crippen molar-refractivity contribution in [2.45, 2.75) is 17.8 Å². The Balaban J connectivity index is 1.73. The Bertz CT molecular complexity index is 827. The van der Waals surface area contributed by atoms with E-state index in [1.165, 1.54) is 18.1 Å². The van der Waals surface area contributed by atoms with Gasteiger partial charge in [-0.3, -0.25) is 0 Å². The third-order valence-corrected chi connectivity index (χ3v) is 4.40. The van der Waals surface area contributed by atoms with Gasteiger partial charge in [-0.1, -0.05) is 30.0 Å². The van der Waals surface area contributed by atoms with Gasteiger partial charge in [0.05, 0.1) is 25.9 Å². The first-order valence-electron chi connectivity index (χ1n) is 7.75. The van der Waals surface area contributed by atoms with E-state index in [-0.39, 0.29) is 19.0 Å². The number of fused-ring (bicyclic) bond motifs is 1. The Kier molecular flexibility index (Phi) is 5.69. The van der Waals surface area contributed by atoms with Gasteiger partial charge in [-0.25, -0.2) is 15.0 Å². The average molecular weight is 361 g/mol. The van der Waals surface area contributed by atoms with Crippen molar-refractivity contribution in [3.63, 3.8) is 0 Å². The highest BCUT2D eigenvalue weighted by atomic mass is 32.2. The Morgan fingerprint density at radius 3 is 2.80 bits per heavy atom. The van der Waals surface area contributed by atoms with Crippen molar-refractivity contribution in [2.24, 2.45) is 0 Å². The molecule has 0 fully saturated rings. The smallest absolute Gasteiger partial charge is 0.170 e. The number of para-hydroxylation sites is 1. The van der Waals surface area contributed by atoms with Crippen LogP contribution in [0, 0.1) is 0 Å². The highest BCUT2D eigenvalue weighted by molar-refractivity contribution is 7.99. The molecule has 1 aromatic carbocycles. The van der Waals surface area contributed by atoms with Gasteiger partial charge >= 0.3 is 0 Å². The molecule has 0 aliphatic rings. The topological polar surface area (TPSA) is 119 Å². The molecule has 0 radical (unpaired) electrons. The molecule has 0 aliphatic heterocycles. The van der Waals surface area contributed by atoms with Crippen LogP contribution in [0.2, 0.25) is 0 Å². The van der Waals surface area contributed by atoms with E-state index in [0.29, 0.717) is 28.7 Å². The monoisotopic (exact) mass is 361 g/mol. The van der Waals surface area contributed by atoms with Gasteiger partial charge in [0.1, 0.15) is 12.1 Å². The summed E-state index contributed by atoms with van der Waals surface area (Å²) >= 11 is 1.46. The van der Waals surface area contributed by atoms with Gasteiger partial charge in [0.2, 0.25) is 0 Å². The fourth-order valence-electron chi connectivity index (χ4n) is 2.29. The number of aliphatic hydroxyl groups is 2. The fraction of sp³-hybridized carbons (Fsp3) is 0.312. The summed E-state index contributed by atoms with van der Waals surface area (Å²) in [5.41, 5.74) is 6.88. The number of nitrogen functional groups attached to an aromatic ring is 1. The summed E-state index contributed by atoms with van der Waals surface area (Å²) in [5.74, 6) is 1.74. The van der Waals surface area contributed by atoms with Crippen LogP contribution < -0.4 is 10.5 Å². The molecule has 3 aromatic rings. The van der Waals surface area contributed by atoms with Crippen LogP contribution in [0.3, 0.4) is 0 Å². The SMILES string of the molecule is Nc1ncnc2c1nc(SCCOc1ccccc1)n2CC(O)CO. The van der Waals surface area contributed by atoms with E-state index < -0.39 is 6.10 Å². The van der Waals surface area contributed by atoms with E-state index in [2.05, 4.69) is 15.0 Å². The minimum Gasteiger partial charge on any atom is -0.493 e. The van der Waals surface area contributed by atoms with Gasteiger partial charge in [-0.05, 0) is 12.1 Å². The summed E-state index contributed by atoms with van der Waals surface area (Å²) in [4.78, 5) is 12.6.